The zero-order valence-corrected chi connectivity index (χ0v) is 31.4. The van der Waals surface area contributed by atoms with E-state index in [1.54, 1.807) is 23.5 Å². The largest absolute Gasteiger partial charge is 0.324 e. The van der Waals surface area contributed by atoms with E-state index in [2.05, 4.69) is 113 Å². The van der Waals surface area contributed by atoms with Gasteiger partial charge in [0.05, 0.1) is 10.8 Å². The minimum atomic E-state index is -1.12. The number of para-hydroxylation sites is 1. The molecule has 1 amide bonds. The van der Waals surface area contributed by atoms with Crippen LogP contribution in [0.15, 0.2) is 118 Å². The lowest BCUT2D eigenvalue weighted by Gasteiger charge is -2.52. The topological polar surface area (TPSA) is 52.7 Å². The lowest BCUT2D eigenvalue weighted by molar-refractivity contribution is -0.147. The molecule has 0 unspecified atom stereocenters. The van der Waals surface area contributed by atoms with Crippen LogP contribution in [-0.4, -0.2) is 65.0 Å². The summed E-state index contributed by atoms with van der Waals surface area (Å²) in [4.78, 5) is 38.0. The summed E-state index contributed by atoms with van der Waals surface area (Å²) in [5.41, 5.74) is 3.72. The molecule has 2 spiro atoms. The van der Waals surface area contributed by atoms with Crippen molar-refractivity contribution in [2.24, 2.45) is 5.41 Å². The van der Waals surface area contributed by atoms with E-state index in [4.69, 9.17) is 23.2 Å². The molecule has 258 valence electrons. The second-order valence-corrected chi connectivity index (χ2v) is 15.9. The monoisotopic (exact) mass is 741 g/mol. The number of rotatable bonds is 6. The van der Waals surface area contributed by atoms with Crippen LogP contribution in [0.4, 0.5) is 5.69 Å². The van der Waals surface area contributed by atoms with Gasteiger partial charge in [-0.15, -0.1) is 46.7 Å². The maximum absolute atomic E-state index is 15.8. The van der Waals surface area contributed by atoms with Crippen LogP contribution in [0.3, 0.4) is 0 Å². The molecule has 0 saturated carbocycles. The van der Waals surface area contributed by atoms with Crippen molar-refractivity contribution < 1.29 is 9.59 Å². The number of hydrogen-bond acceptors (Lipinski definition) is 6. The molecule has 3 fully saturated rings. The lowest BCUT2D eigenvalue weighted by Crippen LogP contribution is -2.66. The number of amides is 1. The van der Waals surface area contributed by atoms with Gasteiger partial charge in [-0.25, -0.2) is 0 Å². The predicted molar refractivity (Wildman–Crippen MR) is 209 cm³/mol. The number of piperidine rings is 1. The van der Waals surface area contributed by atoms with Gasteiger partial charge in [-0.05, 0) is 85.0 Å². The van der Waals surface area contributed by atoms with Crippen molar-refractivity contribution >= 4 is 70.2 Å². The Kier molecular flexibility index (Phi) is 10.5. The Morgan fingerprint density at radius 3 is 2.18 bits per heavy atom. The number of hydrogen-bond donors (Lipinski definition) is 1. The molecule has 0 radical (unpaired) electrons. The maximum atomic E-state index is 15.8. The summed E-state index contributed by atoms with van der Waals surface area (Å²) < 4.78 is 0. The SMILES string of the molecule is CSc1ccc(/C=C2\CN(Cc3ccccc3)C[C@]3(C2=O)[C@H](c2ccc(SC)cc2)[C@H]2CCCN2[C@]32C(=O)Nc3ccccc32)cc1.ClCCl. The van der Waals surface area contributed by atoms with E-state index in [0.717, 1.165) is 47.3 Å². The summed E-state index contributed by atoms with van der Waals surface area (Å²) in [6.45, 7) is 2.50. The maximum Gasteiger partial charge on any atom is 0.250 e. The summed E-state index contributed by atoms with van der Waals surface area (Å²) in [6.07, 6.45) is 8.22. The van der Waals surface area contributed by atoms with E-state index >= 15 is 4.79 Å². The molecule has 0 aromatic heterocycles. The van der Waals surface area contributed by atoms with E-state index in [1.165, 1.54) is 15.4 Å². The Bertz CT molecular complexity index is 1890. The fourth-order valence-electron chi connectivity index (χ4n) is 9.22. The van der Waals surface area contributed by atoms with Gasteiger partial charge >= 0.3 is 0 Å². The average Bonchev–Trinajstić information content (AvgIpc) is 3.80. The Hall–Kier alpha value is -3.04. The third-order valence-electron chi connectivity index (χ3n) is 10.9. The average molecular weight is 743 g/mol. The number of Topliss-reactive ketones (excluding diaryl/α,β-unsaturated/α-hetero) is 1. The third-order valence-corrected chi connectivity index (χ3v) is 12.4. The fourth-order valence-corrected chi connectivity index (χ4v) is 10.0. The molecule has 5 nitrogen and oxygen atoms in total. The van der Waals surface area contributed by atoms with Gasteiger partial charge in [0.15, 0.2) is 5.78 Å². The molecule has 4 heterocycles. The van der Waals surface area contributed by atoms with Crippen LogP contribution in [0.5, 0.6) is 0 Å². The highest BCUT2D eigenvalue weighted by molar-refractivity contribution is 7.98. The molecule has 4 aliphatic rings. The molecule has 4 atom stereocenters. The number of likely N-dealkylation sites (tertiary alicyclic amines) is 1. The molecule has 4 aromatic rings. The van der Waals surface area contributed by atoms with Crippen LogP contribution in [0.2, 0.25) is 0 Å². The van der Waals surface area contributed by atoms with Crippen molar-refractivity contribution in [2.45, 2.75) is 46.7 Å². The first-order chi connectivity index (χ1) is 24.4. The number of carbonyl (C=O) groups excluding carboxylic acids is 2. The highest BCUT2D eigenvalue weighted by Gasteiger charge is 2.78. The summed E-state index contributed by atoms with van der Waals surface area (Å²) in [5.74, 6) is -0.116. The van der Waals surface area contributed by atoms with Gasteiger partial charge in [0.1, 0.15) is 5.54 Å². The summed E-state index contributed by atoms with van der Waals surface area (Å²) in [7, 11) is 0. The van der Waals surface area contributed by atoms with E-state index in [-0.39, 0.29) is 29.0 Å². The van der Waals surface area contributed by atoms with E-state index in [0.29, 0.717) is 19.6 Å². The number of thioether (sulfide) groups is 2. The van der Waals surface area contributed by atoms with Crippen LogP contribution < -0.4 is 5.32 Å². The molecule has 3 saturated heterocycles. The fraction of sp³-hybridized carbons (Fsp3) is 0.317. The first-order valence-electron chi connectivity index (χ1n) is 17.0. The second kappa shape index (κ2) is 14.9. The van der Waals surface area contributed by atoms with Crippen LogP contribution in [-0.2, 0) is 21.7 Å². The Morgan fingerprint density at radius 1 is 0.860 bits per heavy atom. The van der Waals surface area contributed by atoms with Crippen molar-refractivity contribution in [3.63, 3.8) is 0 Å². The van der Waals surface area contributed by atoms with E-state index < -0.39 is 11.0 Å². The Labute approximate surface area is 313 Å². The highest BCUT2D eigenvalue weighted by atomic mass is 35.5. The summed E-state index contributed by atoms with van der Waals surface area (Å²) in [5, 5.41) is 3.48. The number of nitrogens with zero attached hydrogens (tertiary/aromatic N) is 2. The number of ketones is 1. The van der Waals surface area contributed by atoms with Gasteiger partial charge in [0.2, 0.25) is 0 Å². The van der Waals surface area contributed by atoms with Crippen LogP contribution in [0, 0.1) is 5.41 Å². The summed E-state index contributed by atoms with van der Waals surface area (Å²) >= 11 is 13.0. The zero-order chi connectivity index (χ0) is 34.9. The normalized spacial score (nSPS) is 26.6. The van der Waals surface area contributed by atoms with Crippen molar-refractivity contribution in [1.29, 1.82) is 0 Å². The number of benzene rings is 4. The molecular weight excluding hydrogens is 702 g/mol. The zero-order valence-electron chi connectivity index (χ0n) is 28.3. The van der Waals surface area contributed by atoms with Gasteiger partial charge in [0.25, 0.3) is 5.91 Å². The molecule has 8 rings (SSSR count). The molecule has 50 heavy (non-hydrogen) atoms. The number of alkyl halides is 2. The van der Waals surface area contributed by atoms with Crippen molar-refractivity contribution in [1.82, 2.24) is 9.80 Å². The molecule has 0 aliphatic carbocycles. The van der Waals surface area contributed by atoms with Gasteiger partial charge in [0, 0.05) is 58.2 Å². The van der Waals surface area contributed by atoms with Gasteiger partial charge in [-0.3, -0.25) is 19.4 Å². The molecule has 1 N–H and O–H groups in total. The molecular formula is C41H41Cl2N3O2S2. The quantitative estimate of drug-likeness (QED) is 0.121. The second-order valence-electron chi connectivity index (χ2n) is 13.3. The Balaban J connectivity index is 0.00000126. The van der Waals surface area contributed by atoms with Crippen LogP contribution in [0.1, 0.15) is 41.0 Å². The van der Waals surface area contributed by atoms with Crippen molar-refractivity contribution in [3.8, 4) is 0 Å². The Morgan fingerprint density at radius 2 is 1.50 bits per heavy atom. The van der Waals surface area contributed by atoms with Gasteiger partial charge in [-0.2, -0.15) is 0 Å². The molecule has 9 heteroatoms. The van der Waals surface area contributed by atoms with Gasteiger partial charge < -0.3 is 5.32 Å². The number of fused-ring (bicyclic) bond motifs is 5. The number of nitrogens with one attached hydrogen (secondary N) is 1. The highest BCUT2D eigenvalue weighted by Crippen LogP contribution is 2.68. The number of anilines is 1. The first-order valence-corrected chi connectivity index (χ1v) is 20.5. The lowest BCUT2D eigenvalue weighted by atomic mass is 9.55. The molecule has 0 bridgehead atoms. The number of carbonyl (C=O) groups is 2. The predicted octanol–water partition coefficient (Wildman–Crippen LogP) is 9.12. The molecule has 4 aliphatic heterocycles. The third kappa shape index (κ3) is 5.84. The minimum Gasteiger partial charge on any atom is -0.324 e. The first kappa shape index (κ1) is 35.4. The van der Waals surface area contributed by atoms with E-state index in [1.807, 2.05) is 24.3 Å². The molecule has 4 aromatic carbocycles. The standard InChI is InChI=1S/C40H39N3O2S2.CH2Cl2/c1-46-31-18-14-27(15-19-31)23-30-25-42(24-28-9-4-3-5-10-28)26-39(37(30)44)36(29-16-20-32(47-2)21-17-29)35-13-8-22-43(35)40(39)33-11-6-7-12-34(33)41-38(40)45;2-1-3/h3-7,9-12,14-21,23,35-36H,8,13,22,24-26H2,1-2H3,(H,41,45);1H2/b30-23+;/t35-,36-,39-,40-;/m1./s1. The smallest absolute Gasteiger partial charge is 0.250 e. The van der Waals surface area contributed by atoms with E-state index in [9.17, 15) is 4.79 Å². The minimum absolute atomic E-state index is 0.0626. The van der Waals surface area contributed by atoms with Gasteiger partial charge in [-0.1, -0.05) is 72.8 Å². The van der Waals surface area contributed by atoms with Crippen molar-refractivity contribution in [2.75, 3.05) is 42.8 Å². The number of halogens is 2. The van der Waals surface area contributed by atoms with Crippen LogP contribution in [0.25, 0.3) is 6.08 Å². The summed E-state index contributed by atoms with van der Waals surface area (Å²) in [6, 6.07) is 35.9. The van der Waals surface area contributed by atoms with Crippen LogP contribution >= 0.6 is 46.7 Å². The van der Waals surface area contributed by atoms with Crippen molar-refractivity contribution in [3.05, 3.63) is 131 Å².